The predicted molar refractivity (Wildman–Crippen MR) is 107 cm³/mol. The van der Waals surface area contributed by atoms with Crippen molar-refractivity contribution in [1.82, 2.24) is 19.5 Å². The van der Waals surface area contributed by atoms with Crippen molar-refractivity contribution in [2.75, 3.05) is 36.4 Å². The number of sulfonamides is 1. The van der Waals surface area contributed by atoms with Crippen LogP contribution in [0, 0.1) is 11.6 Å². The van der Waals surface area contributed by atoms with E-state index in [9.17, 15) is 17.2 Å². The van der Waals surface area contributed by atoms with Gasteiger partial charge in [-0.3, -0.25) is 4.98 Å². The summed E-state index contributed by atoms with van der Waals surface area (Å²) in [7, 11) is -3.90. The zero-order chi connectivity index (χ0) is 21.1. The van der Waals surface area contributed by atoms with Crippen LogP contribution in [0.1, 0.15) is 0 Å². The van der Waals surface area contributed by atoms with Crippen LogP contribution in [0.15, 0.2) is 59.8 Å². The Morgan fingerprint density at radius 1 is 0.867 bits per heavy atom. The van der Waals surface area contributed by atoms with E-state index in [1.165, 1.54) is 4.31 Å². The molecule has 1 saturated heterocycles. The zero-order valence-corrected chi connectivity index (χ0v) is 16.6. The maximum absolute atomic E-state index is 13.4. The van der Waals surface area contributed by atoms with Crippen LogP contribution in [0.25, 0.3) is 0 Å². The van der Waals surface area contributed by atoms with Crippen LogP contribution in [-0.2, 0) is 10.0 Å². The average Bonchev–Trinajstić information content (AvgIpc) is 2.77. The fraction of sp³-hybridized carbons (Fsp3) is 0.211. The first-order chi connectivity index (χ1) is 14.4. The molecule has 3 heterocycles. The van der Waals surface area contributed by atoms with Crippen LogP contribution < -0.4 is 10.2 Å². The summed E-state index contributed by atoms with van der Waals surface area (Å²) in [6.07, 6.45) is 3.33. The van der Waals surface area contributed by atoms with Crippen molar-refractivity contribution >= 4 is 27.3 Å². The third-order valence-electron chi connectivity index (χ3n) is 4.69. The predicted octanol–water partition coefficient (Wildman–Crippen LogP) is 2.40. The van der Waals surface area contributed by atoms with Gasteiger partial charge in [0.15, 0.2) is 23.3 Å². The number of pyridine rings is 1. The molecule has 1 fully saturated rings. The molecule has 30 heavy (non-hydrogen) atoms. The lowest BCUT2D eigenvalue weighted by molar-refractivity contribution is 0.383. The lowest BCUT2D eigenvalue weighted by Gasteiger charge is -2.34. The van der Waals surface area contributed by atoms with Gasteiger partial charge in [0.2, 0.25) is 10.0 Å². The second-order valence-electron chi connectivity index (χ2n) is 6.60. The number of anilines is 3. The Kier molecular flexibility index (Phi) is 5.55. The molecule has 3 aromatic rings. The first-order valence-corrected chi connectivity index (χ1v) is 10.6. The van der Waals surface area contributed by atoms with Gasteiger partial charge in [-0.2, -0.15) is 4.31 Å². The molecule has 1 aliphatic heterocycles. The summed E-state index contributed by atoms with van der Waals surface area (Å²) < 4.78 is 53.2. The summed E-state index contributed by atoms with van der Waals surface area (Å²) in [5.74, 6) is -1.07. The van der Waals surface area contributed by atoms with Crippen LogP contribution in [0.2, 0.25) is 0 Å². The molecule has 2 aromatic heterocycles. The molecule has 1 aliphatic rings. The molecule has 0 spiro atoms. The molecule has 0 aliphatic carbocycles. The van der Waals surface area contributed by atoms with Crippen molar-refractivity contribution in [3.05, 3.63) is 66.5 Å². The van der Waals surface area contributed by atoms with Gasteiger partial charge in [-0.15, -0.1) is 10.2 Å². The number of piperazine rings is 1. The molecule has 0 amide bonds. The number of benzene rings is 1. The average molecular weight is 432 g/mol. The second kappa shape index (κ2) is 8.28. The van der Waals surface area contributed by atoms with E-state index >= 15 is 0 Å². The highest BCUT2D eigenvalue weighted by Gasteiger charge is 2.29. The van der Waals surface area contributed by atoms with E-state index in [4.69, 9.17) is 0 Å². The Morgan fingerprint density at radius 2 is 1.60 bits per heavy atom. The van der Waals surface area contributed by atoms with Gasteiger partial charge in [0.05, 0.1) is 4.90 Å². The Morgan fingerprint density at radius 3 is 2.23 bits per heavy atom. The molecule has 4 rings (SSSR count). The monoisotopic (exact) mass is 432 g/mol. The fourth-order valence-corrected chi connectivity index (χ4v) is 4.52. The molecule has 1 aromatic carbocycles. The number of aromatic nitrogens is 3. The van der Waals surface area contributed by atoms with E-state index in [1.54, 1.807) is 24.5 Å². The van der Waals surface area contributed by atoms with Gasteiger partial charge in [0.1, 0.15) is 0 Å². The van der Waals surface area contributed by atoms with Gasteiger partial charge in [0.25, 0.3) is 0 Å². The number of nitrogens with one attached hydrogen (secondary N) is 1. The number of hydrogen-bond donors (Lipinski definition) is 1. The van der Waals surface area contributed by atoms with Gasteiger partial charge in [-0.25, -0.2) is 17.2 Å². The second-order valence-corrected chi connectivity index (χ2v) is 8.54. The summed E-state index contributed by atoms with van der Waals surface area (Å²) in [4.78, 5) is 5.60. The lowest BCUT2D eigenvalue weighted by Crippen LogP contribution is -2.49. The minimum absolute atomic E-state index is 0.194. The van der Waals surface area contributed by atoms with Crippen LogP contribution in [0.5, 0.6) is 0 Å². The Bertz CT molecular complexity index is 1120. The fourth-order valence-electron chi connectivity index (χ4n) is 3.09. The molecule has 0 atom stereocenters. The van der Waals surface area contributed by atoms with Crippen molar-refractivity contribution in [2.45, 2.75) is 4.90 Å². The highest BCUT2D eigenvalue weighted by Crippen LogP contribution is 2.22. The molecular formula is C19H18F2N6O2S. The topological polar surface area (TPSA) is 91.3 Å². The standard InChI is InChI=1S/C19H18F2N6O2S/c20-16-2-1-15(13-17(16)21)30(28,29)27-11-9-26(10-12-27)19-4-3-18(24-25-19)23-14-5-7-22-8-6-14/h1-8,13H,9-12H2,(H,22,23,24). The normalized spacial score (nSPS) is 15.2. The molecular weight excluding hydrogens is 414 g/mol. The van der Waals surface area contributed by atoms with E-state index in [-0.39, 0.29) is 18.0 Å². The van der Waals surface area contributed by atoms with Crippen molar-refractivity contribution in [1.29, 1.82) is 0 Å². The summed E-state index contributed by atoms with van der Waals surface area (Å²) in [6, 6.07) is 9.79. The van der Waals surface area contributed by atoms with E-state index in [0.717, 1.165) is 17.8 Å². The molecule has 11 heteroatoms. The Labute approximate surface area is 172 Å². The Balaban J connectivity index is 1.40. The van der Waals surface area contributed by atoms with Crippen LogP contribution in [-0.4, -0.2) is 54.1 Å². The summed E-state index contributed by atoms with van der Waals surface area (Å²) in [6.45, 7) is 1.18. The summed E-state index contributed by atoms with van der Waals surface area (Å²) >= 11 is 0. The van der Waals surface area contributed by atoms with E-state index < -0.39 is 21.7 Å². The van der Waals surface area contributed by atoms with Gasteiger partial charge in [-0.1, -0.05) is 0 Å². The summed E-state index contributed by atoms with van der Waals surface area (Å²) in [5.41, 5.74) is 0.836. The lowest BCUT2D eigenvalue weighted by atomic mass is 10.3. The molecule has 1 N–H and O–H groups in total. The maximum Gasteiger partial charge on any atom is 0.243 e. The SMILES string of the molecule is O=S(=O)(c1ccc(F)c(F)c1)N1CCN(c2ccc(Nc3ccncc3)nn2)CC1. The van der Waals surface area contributed by atoms with Gasteiger partial charge >= 0.3 is 0 Å². The first-order valence-electron chi connectivity index (χ1n) is 9.14. The van der Waals surface area contributed by atoms with Crippen molar-refractivity contribution in [3.8, 4) is 0 Å². The minimum Gasteiger partial charge on any atom is -0.352 e. The van der Waals surface area contributed by atoms with Crippen molar-refractivity contribution in [2.24, 2.45) is 0 Å². The summed E-state index contributed by atoms with van der Waals surface area (Å²) in [5, 5.41) is 11.5. The molecule has 0 unspecified atom stereocenters. The largest absolute Gasteiger partial charge is 0.352 e. The number of halogens is 2. The van der Waals surface area contributed by atoms with Gasteiger partial charge in [-0.05, 0) is 42.5 Å². The molecule has 8 nitrogen and oxygen atoms in total. The van der Waals surface area contributed by atoms with E-state index in [0.29, 0.717) is 30.8 Å². The molecule has 0 saturated carbocycles. The first kappa shape index (κ1) is 20.1. The van der Waals surface area contributed by atoms with Gasteiger partial charge in [0, 0.05) is 44.3 Å². The number of rotatable bonds is 5. The van der Waals surface area contributed by atoms with Crippen LogP contribution >= 0.6 is 0 Å². The smallest absolute Gasteiger partial charge is 0.243 e. The Hall–Kier alpha value is -3.18. The number of nitrogens with zero attached hydrogens (tertiary/aromatic N) is 5. The van der Waals surface area contributed by atoms with Crippen molar-refractivity contribution < 1.29 is 17.2 Å². The van der Waals surface area contributed by atoms with Crippen LogP contribution in [0.3, 0.4) is 0 Å². The third kappa shape index (κ3) is 4.21. The highest BCUT2D eigenvalue weighted by atomic mass is 32.2. The van der Waals surface area contributed by atoms with E-state index in [1.807, 2.05) is 17.0 Å². The van der Waals surface area contributed by atoms with Gasteiger partial charge < -0.3 is 10.2 Å². The molecule has 0 bridgehead atoms. The molecule has 0 radical (unpaired) electrons. The van der Waals surface area contributed by atoms with Crippen LogP contribution in [0.4, 0.5) is 26.1 Å². The highest BCUT2D eigenvalue weighted by molar-refractivity contribution is 7.89. The quantitative estimate of drug-likeness (QED) is 0.662. The maximum atomic E-state index is 13.4. The molecule has 156 valence electrons. The zero-order valence-electron chi connectivity index (χ0n) is 15.7. The number of hydrogen-bond acceptors (Lipinski definition) is 7. The van der Waals surface area contributed by atoms with Crippen molar-refractivity contribution in [3.63, 3.8) is 0 Å². The third-order valence-corrected chi connectivity index (χ3v) is 6.59. The van der Waals surface area contributed by atoms with E-state index in [2.05, 4.69) is 20.5 Å². The minimum atomic E-state index is -3.90.